The van der Waals surface area contributed by atoms with Crippen molar-refractivity contribution in [1.82, 2.24) is 0 Å². The van der Waals surface area contributed by atoms with E-state index < -0.39 is 0 Å². The molecule has 13 heavy (non-hydrogen) atoms. The molecule has 0 aliphatic carbocycles. The zero-order chi connectivity index (χ0) is 9.42. The Hall–Kier alpha value is -1.19. The Morgan fingerprint density at radius 3 is 2.92 bits per heavy atom. The summed E-state index contributed by atoms with van der Waals surface area (Å²) in [7, 11) is 0. The van der Waals surface area contributed by atoms with Crippen molar-refractivity contribution in [3.63, 3.8) is 0 Å². The van der Waals surface area contributed by atoms with Crippen LogP contribution in [0.3, 0.4) is 0 Å². The topological polar surface area (TPSA) is 59.4 Å². The van der Waals surface area contributed by atoms with Crippen LogP contribution in [0.4, 0.5) is 0 Å². The number of nitrogens with two attached hydrogens (primary N) is 1. The molecule has 0 fully saturated rings. The first kappa shape index (κ1) is 8.41. The molecule has 0 aliphatic rings. The first-order valence-electron chi connectivity index (χ1n) is 3.82. The second kappa shape index (κ2) is 2.94. The Balaban J connectivity index is 2.77. The van der Waals surface area contributed by atoms with Crippen LogP contribution in [0, 0.1) is 0 Å². The van der Waals surface area contributed by atoms with E-state index in [4.69, 9.17) is 21.8 Å². The van der Waals surface area contributed by atoms with Crippen LogP contribution < -0.4 is 5.73 Å². The number of fused-ring (bicyclic) bond motifs is 1. The lowest BCUT2D eigenvalue weighted by molar-refractivity contribution is 0.442. The van der Waals surface area contributed by atoms with Gasteiger partial charge in [0.1, 0.15) is 5.58 Å². The summed E-state index contributed by atoms with van der Waals surface area (Å²) in [6.07, 6.45) is 0. The van der Waals surface area contributed by atoms with Gasteiger partial charge in [-0.3, -0.25) is 0 Å². The van der Waals surface area contributed by atoms with Gasteiger partial charge in [0.15, 0.2) is 11.5 Å². The molecule has 0 saturated carbocycles. The van der Waals surface area contributed by atoms with E-state index in [-0.39, 0.29) is 12.3 Å². The lowest BCUT2D eigenvalue weighted by Crippen LogP contribution is -1.93. The van der Waals surface area contributed by atoms with Gasteiger partial charge in [0.05, 0.1) is 11.9 Å². The third-order valence-corrected chi connectivity index (χ3v) is 2.11. The highest BCUT2D eigenvalue weighted by molar-refractivity contribution is 6.31. The highest BCUT2D eigenvalue weighted by Crippen LogP contribution is 2.33. The third kappa shape index (κ3) is 1.26. The minimum absolute atomic E-state index is 0.0833. The van der Waals surface area contributed by atoms with Crippen molar-refractivity contribution in [3.05, 3.63) is 29.0 Å². The Morgan fingerprint density at radius 2 is 2.23 bits per heavy atom. The van der Waals surface area contributed by atoms with E-state index in [9.17, 15) is 5.11 Å². The van der Waals surface area contributed by atoms with Crippen molar-refractivity contribution >= 4 is 22.6 Å². The average molecular weight is 198 g/mol. The van der Waals surface area contributed by atoms with Crippen molar-refractivity contribution in [1.29, 1.82) is 0 Å². The molecule has 0 radical (unpaired) electrons. The molecule has 0 spiro atoms. The molecule has 0 aliphatic heterocycles. The fourth-order valence-corrected chi connectivity index (χ4v) is 1.42. The Morgan fingerprint density at radius 1 is 1.46 bits per heavy atom. The van der Waals surface area contributed by atoms with Gasteiger partial charge < -0.3 is 15.3 Å². The molecule has 1 aromatic heterocycles. The minimum atomic E-state index is 0.0833. The van der Waals surface area contributed by atoms with Gasteiger partial charge in [0, 0.05) is 5.02 Å². The lowest BCUT2D eigenvalue weighted by atomic mass is 10.2. The first-order valence-corrected chi connectivity index (χ1v) is 4.20. The normalized spacial score (nSPS) is 10.9. The molecule has 2 aromatic rings. The molecule has 68 valence electrons. The van der Waals surface area contributed by atoms with Crippen LogP contribution in [0.5, 0.6) is 5.75 Å². The van der Waals surface area contributed by atoms with E-state index in [1.807, 2.05) is 0 Å². The number of hydrogen-bond donors (Lipinski definition) is 2. The van der Waals surface area contributed by atoms with Crippen molar-refractivity contribution in [2.45, 2.75) is 6.54 Å². The number of hydrogen-bond acceptors (Lipinski definition) is 3. The standard InChI is InChI=1S/C9H8ClNO2/c10-5-1-2-7-6(3-5)9(12)8(4-11)13-7/h1-3,12H,4,11H2. The number of furan rings is 1. The van der Waals surface area contributed by atoms with E-state index in [2.05, 4.69) is 0 Å². The number of aromatic hydroxyl groups is 1. The summed E-state index contributed by atoms with van der Waals surface area (Å²) in [5, 5.41) is 10.7. The maximum Gasteiger partial charge on any atom is 0.166 e. The van der Waals surface area contributed by atoms with Crippen LogP contribution in [0.1, 0.15) is 5.76 Å². The van der Waals surface area contributed by atoms with Crippen molar-refractivity contribution in [2.24, 2.45) is 5.73 Å². The van der Waals surface area contributed by atoms with Crippen LogP contribution in [-0.2, 0) is 6.54 Å². The van der Waals surface area contributed by atoms with Gasteiger partial charge in [-0.05, 0) is 18.2 Å². The van der Waals surface area contributed by atoms with Crippen molar-refractivity contribution < 1.29 is 9.52 Å². The van der Waals surface area contributed by atoms with Gasteiger partial charge in [0.2, 0.25) is 0 Å². The molecule has 2 rings (SSSR count). The van der Waals surface area contributed by atoms with Gasteiger partial charge in [-0.15, -0.1) is 0 Å². The summed E-state index contributed by atoms with van der Waals surface area (Å²) in [6.45, 7) is 0.179. The fraction of sp³-hybridized carbons (Fsp3) is 0.111. The fourth-order valence-electron chi connectivity index (χ4n) is 1.25. The number of benzene rings is 1. The maximum absolute atomic E-state index is 9.58. The first-order chi connectivity index (χ1) is 6.22. The molecular formula is C9H8ClNO2. The Bertz CT molecular complexity index is 450. The average Bonchev–Trinajstić information content (AvgIpc) is 2.44. The van der Waals surface area contributed by atoms with Crippen LogP contribution in [0.25, 0.3) is 11.0 Å². The van der Waals surface area contributed by atoms with E-state index in [1.54, 1.807) is 18.2 Å². The van der Waals surface area contributed by atoms with Crippen molar-refractivity contribution in [2.75, 3.05) is 0 Å². The molecule has 0 unspecified atom stereocenters. The van der Waals surface area contributed by atoms with Gasteiger partial charge in [-0.1, -0.05) is 11.6 Å². The zero-order valence-electron chi connectivity index (χ0n) is 6.75. The molecule has 1 heterocycles. The van der Waals surface area contributed by atoms with Crippen LogP contribution in [0.2, 0.25) is 5.02 Å². The second-order valence-electron chi connectivity index (χ2n) is 2.72. The van der Waals surface area contributed by atoms with E-state index in [0.29, 0.717) is 21.8 Å². The highest BCUT2D eigenvalue weighted by Gasteiger charge is 2.11. The number of rotatable bonds is 1. The van der Waals surface area contributed by atoms with E-state index in [1.165, 1.54) is 0 Å². The zero-order valence-corrected chi connectivity index (χ0v) is 7.51. The summed E-state index contributed by atoms with van der Waals surface area (Å²) in [5.74, 6) is 0.470. The summed E-state index contributed by atoms with van der Waals surface area (Å²) in [4.78, 5) is 0. The largest absolute Gasteiger partial charge is 0.504 e. The Labute approximate surface area is 79.7 Å². The molecule has 0 saturated heterocycles. The highest BCUT2D eigenvalue weighted by atomic mass is 35.5. The quantitative estimate of drug-likeness (QED) is 0.737. The Kier molecular flexibility index (Phi) is 1.90. The molecule has 0 bridgehead atoms. The third-order valence-electron chi connectivity index (χ3n) is 1.88. The van der Waals surface area contributed by atoms with Gasteiger partial charge in [-0.2, -0.15) is 0 Å². The summed E-state index contributed by atoms with van der Waals surface area (Å²) in [6, 6.07) is 5.05. The monoisotopic (exact) mass is 197 g/mol. The van der Waals surface area contributed by atoms with Crippen LogP contribution >= 0.6 is 11.6 Å². The summed E-state index contributed by atoms with van der Waals surface area (Å²) in [5.41, 5.74) is 5.97. The predicted molar refractivity (Wildman–Crippen MR) is 50.8 cm³/mol. The smallest absolute Gasteiger partial charge is 0.166 e. The number of halogens is 1. The summed E-state index contributed by atoms with van der Waals surface area (Å²) >= 11 is 5.76. The maximum atomic E-state index is 9.58. The van der Waals surface area contributed by atoms with Crippen molar-refractivity contribution in [3.8, 4) is 5.75 Å². The van der Waals surface area contributed by atoms with E-state index in [0.717, 1.165) is 0 Å². The predicted octanol–water partition coefficient (Wildman–Crippen LogP) is 2.25. The van der Waals surface area contributed by atoms with Crippen LogP contribution in [0.15, 0.2) is 22.6 Å². The molecule has 4 heteroatoms. The molecule has 0 amide bonds. The SMILES string of the molecule is NCc1oc2ccc(Cl)cc2c1O. The molecule has 0 atom stereocenters. The van der Waals surface area contributed by atoms with Gasteiger partial charge in [0.25, 0.3) is 0 Å². The molecule has 1 aromatic carbocycles. The van der Waals surface area contributed by atoms with Gasteiger partial charge in [-0.25, -0.2) is 0 Å². The van der Waals surface area contributed by atoms with Gasteiger partial charge >= 0.3 is 0 Å². The minimum Gasteiger partial charge on any atom is -0.504 e. The molecule has 3 N–H and O–H groups in total. The second-order valence-corrected chi connectivity index (χ2v) is 3.15. The molecular weight excluding hydrogens is 190 g/mol. The lowest BCUT2D eigenvalue weighted by Gasteiger charge is -1.89. The van der Waals surface area contributed by atoms with Crippen LogP contribution in [-0.4, -0.2) is 5.11 Å². The summed E-state index contributed by atoms with van der Waals surface area (Å²) < 4.78 is 5.27. The van der Waals surface area contributed by atoms with E-state index >= 15 is 0 Å². The molecule has 3 nitrogen and oxygen atoms in total.